The standard InChI is InChI=1S/C20H24N6O/c1-25-12-11-21-19(25)15-7-9-16(10-8-15)20(27)22-13-18-24-23-14-26(18)17-5-3-2-4-6-17/h7-12,14,17H,2-6,13H2,1H3,(H,22,27). The fourth-order valence-corrected chi connectivity index (χ4v) is 3.73. The molecule has 0 saturated heterocycles. The second-order valence-corrected chi connectivity index (χ2v) is 7.07. The van der Waals surface area contributed by atoms with Crippen molar-refractivity contribution in [3.8, 4) is 11.4 Å². The van der Waals surface area contributed by atoms with E-state index >= 15 is 0 Å². The van der Waals surface area contributed by atoms with Gasteiger partial charge in [-0.1, -0.05) is 31.4 Å². The van der Waals surface area contributed by atoms with Crippen LogP contribution < -0.4 is 5.32 Å². The maximum atomic E-state index is 12.5. The van der Waals surface area contributed by atoms with Crippen molar-refractivity contribution < 1.29 is 4.79 Å². The Bertz CT molecular complexity index is 905. The van der Waals surface area contributed by atoms with Gasteiger partial charge in [-0.2, -0.15) is 0 Å². The first kappa shape index (κ1) is 17.5. The first-order chi connectivity index (χ1) is 13.2. The Hall–Kier alpha value is -2.96. The Balaban J connectivity index is 1.40. The number of benzene rings is 1. The molecule has 27 heavy (non-hydrogen) atoms. The quantitative estimate of drug-likeness (QED) is 0.754. The second kappa shape index (κ2) is 7.73. The van der Waals surface area contributed by atoms with Crippen LogP contribution in [0.15, 0.2) is 43.0 Å². The zero-order valence-electron chi connectivity index (χ0n) is 15.5. The van der Waals surface area contributed by atoms with Gasteiger partial charge in [0.2, 0.25) is 0 Å². The molecule has 0 atom stereocenters. The predicted molar refractivity (Wildman–Crippen MR) is 102 cm³/mol. The van der Waals surface area contributed by atoms with E-state index < -0.39 is 0 Å². The maximum Gasteiger partial charge on any atom is 0.251 e. The van der Waals surface area contributed by atoms with Gasteiger partial charge >= 0.3 is 0 Å². The van der Waals surface area contributed by atoms with Crippen molar-refractivity contribution in [2.24, 2.45) is 7.05 Å². The number of carbonyl (C=O) groups is 1. The van der Waals surface area contributed by atoms with Gasteiger partial charge in [-0.15, -0.1) is 10.2 Å². The lowest BCUT2D eigenvalue weighted by Crippen LogP contribution is -2.26. The summed E-state index contributed by atoms with van der Waals surface area (Å²) in [6.45, 7) is 0.385. The number of carbonyl (C=O) groups excluding carboxylic acids is 1. The van der Waals surface area contributed by atoms with E-state index in [9.17, 15) is 4.79 Å². The van der Waals surface area contributed by atoms with Crippen LogP contribution in [0.2, 0.25) is 0 Å². The highest BCUT2D eigenvalue weighted by Gasteiger charge is 2.19. The van der Waals surface area contributed by atoms with Gasteiger partial charge in [0.1, 0.15) is 12.2 Å². The molecule has 1 aromatic carbocycles. The second-order valence-electron chi connectivity index (χ2n) is 7.07. The molecule has 7 heteroatoms. The molecule has 1 N–H and O–H groups in total. The molecular formula is C20H24N6O. The van der Waals surface area contributed by atoms with Crippen LogP contribution in [0.4, 0.5) is 0 Å². The molecule has 2 heterocycles. The monoisotopic (exact) mass is 364 g/mol. The topological polar surface area (TPSA) is 77.6 Å². The van der Waals surface area contributed by atoms with Gasteiger partial charge < -0.3 is 14.5 Å². The van der Waals surface area contributed by atoms with E-state index in [2.05, 4.69) is 25.1 Å². The summed E-state index contributed by atoms with van der Waals surface area (Å²) in [5.41, 5.74) is 1.60. The summed E-state index contributed by atoms with van der Waals surface area (Å²) in [6.07, 6.45) is 11.6. The van der Waals surface area contributed by atoms with Crippen molar-refractivity contribution in [3.05, 3.63) is 54.4 Å². The van der Waals surface area contributed by atoms with Crippen LogP contribution in [0, 0.1) is 0 Å². The molecular weight excluding hydrogens is 340 g/mol. The summed E-state index contributed by atoms with van der Waals surface area (Å²) in [6, 6.07) is 7.94. The van der Waals surface area contributed by atoms with Gasteiger partial charge in [0.15, 0.2) is 5.82 Å². The van der Waals surface area contributed by atoms with E-state index in [0.29, 0.717) is 18.2 Å². The van der Waals surface area contributed by atoms with E-state index in [1.165, 1.54) is 19.3 Å². The minimum atomic E-state index is -0.111. The van der Waals surface area contributed by atoms with Crippen LogP contribution in [0.25, 0.3) is 11.4 Å². The van der Waals surface area contributed by atoms with E-state index in [1.54, 1.807) is 12.5 Å². The van der Waals surface area contributed by atoms with Gasteiger partial charge in [-0.05, 0) is 25.0 Å². The zero-order valence-corrected chi connectivity index (χ0v) is 15.5. The van der Waals surface area contributed by atoms with Crippen molar-refractivity contribution in [1.29, 1.82) is 0 Å². The minimum Gasteiger partial charge on any atom is -0.345 e. The normalized spacial score (nSPS) is 15.0. The van der Waals surface area contributed by atoms with Gasteiger partial charge in [-0.3, -0.25) is 4.79 Å². The molecule has 140 valence electrons. The number of amides is 1. The van der Waals surface area contributed by atoms with Crippen LogP contribution in [0.3, 0.4) is 0 Å². The Morgan fingerprint density at radius 2 is 1.96 bits per heavy atom. The summed E-state index contributed by atoms with van der Waals surface area (Å²) in [5.74, 6) is 1.59. The van der Waals surface area contributed by atoms with Crippen molar-refractivity contribution in [1.82, 2.24) is 29.6 Å². The summed E-state index contributed by atoms with van der Waals surface area (Å²) < 4.78 is 4.08. The molecule has 0 spiro atoms. The zero-order chi connectivity index (χ0) is 18.6. The molecule has 1 fully saturated rings. The lowest BCUT2D eigenvalue weighted by Gasteiger charge is -2.24. The SMILES string of the molecule is Cn1ccnc1-c1ccc(C(=O)NCc2nncn2C2CCCCC2)cc1. The number of nitrogens with zero attached hydrogens (tertiary/aromatic N) is 5. The van der Waals surface area contributed by atoms with Crippen LogP contribution in [0.5, 0.6) is 0 Å². The van der Waals surface area contributed by atoms with E-state index in [0.717, 1.165) is 30.1 Å². The highest BCUT2D eigenvalue weighted by Crippen LogP contribution is 2.28. The van der Waals surface area contributed by atoms with Gasteiger partial charge in [0, 0.05) is 36.6 Å². The molecule has 7 nitrogen and oxygen atoms in total. The van der Waals surface area contributed by atoms with Crippen molar-refractivity contribution in [2.45, 2.75) is 44.7 Å². The molecule has 1 amide bonds. The Morgan fingerprint density at radius 3 is 2.67 bits per heavy atom. The van der Waals surface area contributed by atoms with Crippen LogP contribution in [-0.2, 0) is 13.6 Å². The Labute approximate surface area is 158 Å². The molecule has 3 aromatic rings. The van der Waals surface area contributed by atoms with Gasteiger partial charge in [-0.25, -0.2) is 4.98 Å². The Kier molecular flexibility index (Phi) is 5.00. The van der Waals surface area contributed by atoms with Crippen molar-refractivity contribution in [3.63, 3.8) is 0 Å². The third-order valence-corrected chi connectivity index (χ3v) is 5.25. The first-order valence-corrected chi connectivity index (χ1v) is 9.47. The maximum absolute atomic E-state index is 12.5. The lowest BCUT2D eigenvalue weighted by molar-refractivity contribution is 0.0949. The summed E-state index contributed by atoms with van der Waals surface area (Å²) in [4.78, 5) is 16.8. The highest BCUT2D eigenvalue weighted by atomic mass is 16.1. The fraction of sp³-hybridized carbons (Fsp3) is 0.400. The van der Waals surface area contributed by atoms with Gasteiger partial charge in [0.25, 0.3) is 5.91 Å². The van der Waals surface area contributed by atoms with Crippen molar-refractivity contribution >= 4 is 5.91 Å². The number of rotatable bonds is 5. The van der Waals surface area contributed by atoms with E-state index in [4.69, 9.17) is 0 Å². The number of imidazole rings is 1. The average Bonchev–Trinajstić information content (AvgIpc) is 3.36. The number of hydrogen-bond donors (Lipinski definition) is 1. The molecule has 0 aliphatic heterocycles. The molecule has 1 saturated carbocycles. The molecule has 0 radical (unpaired) electrons. The van der Waals surface area contributed by atoms with Crippen molar-refractivity contribution in [2.75, 3.05) is 0 Å². The van der Waals surface area contributed by atoms with E-state index in [1.807, 2.05) is 42.1 Å². The predicted octanol–water partition coefficient (Wildman–Crippen LogP) is 3.11. The number of nitrogens with one attached hydrogen (secondary N) is 1. The van der Waals surface area contributed by atoms with Crippen LogP contribution in [-0.4, -0.2) is 30.2 Å². The molecule has 4 rings (SSSR count). The Morgan fingerprint density at radius 1 is 1.19 bits per heavy atom. The number of aryl methyl sites for hydroxylation is 1. The third-order valence-electron chi connectivity index (χ3n) is 5.25. The average molecular weight is 364 g/mol. The number of hydrogen-bond acceptors (Lipinski definition) is 4. The third kappa shape index (κ3) is 3.77. The summed E-state index contributed by atoms with van der Waals surface area (Å²) in [5, 5.41) is 11.2. The molecule has 0 unspecified atom stereocenters. The molecule has 1 aliphatic carbocycles. The lowest BCUT2D eigenvalue weighted by atomic mass is 9.95. The van der Waals surface area contributed by atoms with Crippen LogP contribution in [0.1, 0.15) is 54.3 Å². The first-order valence-electron chi connectivity index (χ1n) is 9.47. The molecule has 1 aliphatic rings. The molecule has 2 aromatic heterocycles. The molecule has 0 bridgehead atoms. The largest absolute Gasteiger partial charge is 0.345 e. The van der Waals surface area contributed by atoms with Crippen LogP contribution >= 0.6 is 0 Å². The fourth-order valence-electron chi connectivity index (χ4n) is 3.73. The summed E-state index contributed by atoms with van der Waals surface area (Å²) in [7, 11) is 1.95. The van der Waals surface area contributed by atoms with Gasteiger partial charge in [0.05, 0.1) is 6.54 Å². The smallest absolute Gasteiger partial charge is 0.251 e. The van der Waals surface area contributed by atoms with E-state index in [-0.39, 0.29) is 5.91 Å². The highest BCUT2D eigenvalue weighted by molar-refractivity contribution is 5.94. The number of aromatic nitrogens is 5. The minimum absolute atomic E-state index is 0.111. The summed E-state index contributed by atoms with van der Waals surface area (Å²) >= 11 is 0.